The standard InChI is InChI=1S/C32H29F3N4O6/c1-20(2)27-29(42)38(31(36-21(3)40,30(43)32(33,34)35)18-22-10-6-4-7-11-22)26(23-12-8-5-9-13-23)19-37(27)28(41)24-14-16-25(17-15-24)39(44)45/h4-17,19-20,27H,18H2,1-3H3,(H,36,40). The molecule has 1 aliphatic heterocycles. The van der Waals surface area contributed by atoms with Gasteiger partial charge >= 0.3 is 6.18 Å². The number of nitro benzene ring substituents is 1. The zero-order chi connectivity index (χ0) is 33.1. The minimum absolute atomic E-state index is 0.0278. The Morgan fingerprint density at radius 3 is 1.98 bits per heavy atom. The van der Waals surface area contributed by atoms with Gasteiger partial charge in [-0.05, 0) is 29.2 Å². The molecule has 3 aromatic rings. The van der Waals surface area contributed by atoms with E-state index in [-0.39, 0.29) is 28.1 Å². The van der Waals surface area contributed by atoms with Crippen LogP contribution in [0.1, 0.15) is 42.3 Å². The number of alkyl halides is 3. The van der Waals surface area contributed by atoms with Gasteiger partial charge in [0.15, 0.2) is 5.66 Å². The van der Waals surface area contributed by atoms with Gasteiger partial charge in [-0.15, -0.1) is 0 Å². The van der Waals surface area contributed by atoms with Crippen LogP contribution in [0.4, 0.5) is 18.9 Å². The number of rotatable bonds is 9. The maximum atomic E-state index is 14.6. The molecule has 0 fully saturated rings. The summed E-state index contributed by atoms with van der Waals surface area (Å²) in [7, 11) is 0. The molecule has 2 unspecified atom stereocenters. The number of carbonyl (C=O) groups excluding carboxylic acids is 4. The van der Waals surface area contributed by atoms with Gasteiger partial charge in [0.05, 0.1) is 10.6 Å². The van der Waals surface area contributed by atoms with Gasteiger partial charge in [0.2, 0.25) is 5.91 Å². The Bertz CT molecular complexity index is 1640. The number of non-ortho nitro benzene ring substituents is 1. The van der Waals surface area contributed by atoms with Crippen LogP contribution in [-0.2, 0) is 20.8 Å². The topological polar surface area (TPSA) is 130 Å². The lowest BCUT2D eigenvalue weighted by atomic mass is 9.87. The number of halogens is 3. The fraction of sp³-hybridized carbons (Fsp3) is 0.250. The van der Waals surface area contributed by atoms with Crippen LogP contribution in [0, 0.1) is 16.0 Å². The number of hydrogen-bond acceptors (Lipinski definition) is 6. The molecule has 45 heavy (non-hydrogen) atoms. The highest BCUT2D eigenvalue weighted by Crippen LogP contribution is 2.40. The van der Waals surface area contributed by atoms with E-state index in [2.05, 4.69) is 5.32 Å². The molecule has 3 amide bonds. The second-order valence-electron chi connectivity index (χ2n) is 10.8. The number of ketones is 1. The van der Waals surface area contributed by atoms with Gasteiger partial charge < -0.3 is 10.2 Å². The van der Waals surface area contributed by atoms with Crippen molar-refractivity contribution in [2.45, 2.75) is 45.1 Å². The predicted octanol–water partition coefficient (Wildman–Crippen LogP) is 5.11. The van der Waals surface area contributed by atoms with E-state index in [0.29, 0.717) is 4.90 Å². The molecule has 0 aromatic heterocycles. The number of nitro groups is 1. The highest BCUT2D eigenvalue weighted by molar-refractivity contribution is 6.07. The molecule has 0 bridgehead atoms. The average Bonchev–Trinajstić information content (AvgIpc) is 2.99. The number of carbonyl (C=O) groups is 4. The largest absolute Gasteiger partial charge is 0.454 e. The van der Waals surface area contributed by atoms with Crippen LogP contribution in [-0.4, -0.2) is 56.1 Å². The van der Waals surface area contributed by atoms with E-state index in [1.807, 2.05) is 0 Å². The highest BCUT2D eigenvalue weighted by atomic mass is 19.4. The first-order valence-corrected chi connectivity index (χ1v) is 13.8. The maximum Gasteiger partial charge on any atom is 0.454 e. The van der Waals surface area contributed by atoms with Crippen LogP contribution in [0.25, 0.3) is 5.70 Å². The highest BCUT2D eigenvalue weighted by Gasteiger charge is 2.61. The maximum absolute atomic E-state index is 14.6. The molecule has 0 spiro atoms. The Kier molecular flexibility index (Phi) is 9.21. The summed E-state index contributed by atoms with van der Waals surface area (Å²) in [6, 6.07) is 18.5. The van der Waals surface area contributed by atoms with Gasteiger partial charge in [-0.3, -0.25) is 34.2 Å². The van der Waals surface area contributed by atoms with Crippen LogP contribution >= 0.6 is 0 Å². The summed E-state index contributed by atoms with van der Waals surface area (Å²) in [5.41, 5.74) is -3.16. The predicted molar refractivity (Wildman–Crippen MR) is 157 cm³/mol. The minimum atomic E-state index is -5.50. The fourth-order valence-electron chi connectivity index (χ4n) is 5.35. The van der Waals surface area contributed by atoms with Crippen molar-refractivity contribution in [3.8, 4) is 0 Å². The third-order valence-corrected chi connectivity index (χ3v) is 7.24. The third kappa shape index (κ3) is 6.61. The van der Waals surface area contributed by atoms with Gasteiger partial charge in [-0.1, -0.05) is 74.5 Å². The molecular weight excluding hydrogens is 593 g/mol. The van der Waals surface area contributed by atoms with Gasteiger partial charge in [0.25, 0.3) is 23.3 Å². The first-order chi connectivity index (χ1) is 21.2. The van der Waals surface area contributed by atoms with E-state index in [9.17, 15) is 42.5 Å². The van der Waals surface area contributed by atoms with E-state index >= 15 is 0 Å². The zero-order valence-corrected chi connectivity index (χ0v) is 24.4. The molecule has 2 atom stereocenters. The van der Waals surface area contributed by atoms with Crippen molar-refractivity contribution in [2.75, 3.05) is 0 Å². The third-order valence-electron chi connectivity index (χ3n) is 7.24. The van der Waals surface area contributed by atoms with Gasteiger partial charge in [-0.25, -0.2) is 0 Å². The summed E-state index contributed by atoms with van der Waals surface area (Å²) in [4.78, 5) is 66.9. The molecule has 0 saturated heterocycles. The van der Waals surface area contributed by atoms with Crippen LogP contribution in [0.15, 0.2) is 91.1 Å². The van der Waals surface area contributed by atoms with Crippen molar-refractivity contribution in [2.24, 2.45) is 5.92 Å². The number of hydrogen-bond donors (Lipinski definition) is 1. The van der Waals surface area contributed by atoms with Crippen molar-refractivity contribution in [1.82, 2.24) is 15.1 Å². The Labute approximate surface area is 256 Å². The second kappa shape index (κ2) is 12.7. The molecule has 1 heterocycles. The lowest BCUT2D eigenvalue weighted by Gasteiger charge is -2.49. The first kappa shape index (κ1) is 32.6. The lowest BCUT2D eigenvalue weighted by Crippen LogP contribution is -2.73. The summed E-state index contributed by atoms with van der Waals surface area (Å²) in [5, 5.41) is 13.3. The van der Waals surface area contributed by atoms with Crippen LogP contribution in [0.5, 0.6) is 0 Å². The van der Waals surface area contributed by atoms with E-state index in [1.165, 1.54) is 42.6 Å². The molecule has 0 radical (unpaired) electrons. The molecular formula is C32H29F3N4O6. The summed E-state index contributed by atoms with van der Waals surface area (Å²) in [6.45, 7) is 4.08. The van der Waals surface area contributed by atoms with Crippen molar-refractivity contribution >= 4 is 34.9 Å². The van der Waals surface area contributed by atoms with Gasteiger partial charge in [0, 0.05) is 37.2 Å². The number of Topliss-reactive ketones (excluding diaryl/α,β-unsaturated/α-hetero) is 1. The van der Waals surface area contributed by atoms with E-state index in [0.717, 1.165) is 24.0 Å². The Morgan fingerprint density at radius 2 is 1.49 bits per heavy atom. The van der Waals surface area contributed by atoms with Crippen molar-refractivity contribution in [3.63, 3.8) is 0 Å². The first-order valence-electron chi connectivity index (χ1n) is 13.8. The number of benzene rings is 3. The van der Waals surface area contributed by atoms with Gasteiger partial charge in [0.1, 0.15) is 6.04 Å². The summed E-state index contributed by atoms with van der Waals surface area (Å²) in [6.07, 6.45) is -5.07. The Hall–Kier alpha value is -5.33. The molecule has 13 heteroatoms. The fourth-order valence-corrected chi connectivity index (χ4v) is 5.35. The summed E-state index contributed by atoms with van der Waals surface area (Å²) >= 11 is 0. The molecule has 1 aliphatic rings. The smallest absolute Gasteiger partial charge is 0.326 e. The molecule has 10 nitrogen and oxygen atoms in total. The molecule has 0 aliphatic carbocycles. The SMILES string of the molecule is CC(=O)NC(Cc1ccccc1)(C(=O)C(F)(F)F)N1C(=O)C(C(C)C)N(C(=O)c2ccc([N+](=O)[O-])cc2)C=C1c1ccccc1. The number of nitrogens with zero attached hydrogens (tertiary/aromatic N) is 3. The summed E-state index contributed by atoms with van der Waals surface area (Å²) < 4.78 is 43.5. The Morgan fingerprint density at radius 1 is 0.933 bits per heavy atom. The van der Waals surface area contributed by atoms with Crippen molar-refractivity contribution in [3.05, 3.63) is 118 Å². The van der Waals surface area contributed by atoms with Crippen LogP contribution in [0.2, 0.25) is 0 Å². The second-order valence-corrected chi connectivity index (χ2v) is 10.8. The molecule has 234 valence electrons. The van der Waals surface area contributed by atoms with E-state index in [4.69, 9.17) is 0 Å². The average molecular weight is 623 g/mol. The van der Waals surface area contributed by atoms with Crippen molar-refractivity contribution < 1.29 is 37.3 Å². The molecule has 4 rings (SSSR count). The van der Waals surface area contributed by atoms with Crippen LogP contribution < -0.4 is 5.32 Å². The van der Waals surface area contributed by atoms with Crippen LogP contribution in [0.3, 0.4) is 0 Å². The normalized spacial score (nSPS) is 16.6. The monoisotopic (exact) mass is 622 g/mol. The summed E-state index contributed by atoms with van der Waals surface area (Å²) in [5.74, 6) is -5.91. The Balaban J connectivity index is 2.03. The minimum Gasteiger partial charge on any atom is -0.326 e. The molecule has 1 N–H and O–H groups in total. The lowest BCUT2D eigenvalue weighted by molar-refractivity contribution is -0.384. The van der Waals surface area contributed by atoms with E-state index in [1.54, 1.807) is 50.2 Å². The number of nitrogens with one attached hydrogen (secondary N) is 1. The number of amides is 3. The van der Waals surface area contributed by atoms with Gasteiger partial charge in [-0.2, -0.15) is 13.2 Å². The van der Waals surface area contributed by atoms with Crippen molar-refractivity contribution in [1.29, 1.82) is 0 Å². The molecule has 0 saturated carbocycles. The zero-order valence-electron chi connectivity index (χ0n) is 24.4. The quantitative estimate of drug-likeness (QED) is 0.261. The molecule has 3 aromatic carbocycles. The van der Waals surface area contributed by atoms with E-state index < -0.39 is 58.6 Å².